The Kier molecular flexibility index (Phi) is 3.93. The molecular formula is C6H15ClNOP. The van der Waals surface area contributed by atoms with E-state index in [4.69, 9.17) is 11.2 Å². The quantitative estimate of drug-likeness (QED) is 0.682. The summed E-state index contributed by atoms with van der Waals surface area (Å²) < 4.78 is 11.0. The van der Waals surface area contributed by atoms with Crippen LogP contribution in [0.5, 0.6) is 0 Å². The standard InChI is InChI=1S/C6H15ClNOP/c1-5(2)6(3)8-10(4,7)9/h5-6H,1-4H3,(H,8,9)/t6-,10?/m1/s1. The third kappa shape index (κ3) is 5.28. The zero-order chi connectivity index (χ0) is 8.36. The van der Waals surface area contributed by atoms with E-state index in [-0.39, 0.29) is 6.04 Å². The average molecular weight is 184 g/mol. The molecule has 2 atom stereocenters. The zero-order valence-corrected chi connectivity index (χ0v) is 8.54. The normalized spacial score (nSPS) is 20.6. The number of halogens is 1. The highest BCUT2D eigenvalue weighted by Crippen LogP contribution is 2.42. The van der Waals surface area contributed by atoms with Gasteiger partial charge in [-0.2, -0.15) is 0 Å². The molecule has 0 amide bonds. The summed E-state index contributed by atoms with van der Waals surface area (Å²) in [4.78, 5) is 0. The fourth-order valence-electron chi connectivity index (χ4n) is 0.513. The molecular weight excluding hydrogens is 168 g/mol. The van der Waals surface area contributed by atoms with Gasteiger partial charge < -0.3 is 0 Å². The van der Waals surface area contributed by atoms with Gasteiger partial charge in [0.2, 0.25) is 6.65 Å². The van der Waals surface area contributed by atoms with Gasteiger partial charge in [0.25, 0.3) is 0 Å². The highest BCUT2D eigenvalue weighted by Gasteiger charge is 2.15. The van der Waals surface area contributed by atoms with Crippen molar-refractivity contribution < 1.29 is 4.57 Å². The lowest BCUT2D eigenvalue weighted by Crippen LogP contribution is -2.26. The SMILES string of the molecule is CC(C)[C@@H](C)NP(C)(=O)Cl. The molecule has 1 unspecified atom stereocenters. The van der Waals surface area contributed by atoms with Crippen molar-refractivity contribution in [3.63, 3.8) is 0 Å². The predicted octanol–water partition coefficient (Wildman–Crippen LogP) is 2.68. The third-order valence-corrected chi connectivity index (χ3v) is 2.60. The molecule has 1 N–H and O–H groups in total. The molecule has 0 radical (unpaired) electrons. The van der Waals surface area contributed by atoms with Crippen LogP contribution >= 0.6 is 17.9 Å². The lowest BCUT2D eigenvalue weighted by Gasteiger charge is -2.18. The van der Waals surface area contributed by atoms with Crippen LogP contribution in [-0.4, -0.2) is 12.7 Å². The molecule has 0 fully saturated rings. The number of hydrogen-bond acceptors (Lipinski definition) is 1. The molecule has 0 aromatic rings. The van der Waals surface area contributed by atoms with Crippen molar-refractivity contribution in [1.82, 2.24) is 5.09 Å². The molecule has 2 nitrogen and oxygen atoms in total. The van der Waals surface area contributed by atoms with Gasteiger partial charge in [0.15, 0.2) is 0 Å². The Morgan fingerprint density at radius 2 is 1.80 bits per heavy atom. The van der Waals surface area contributed by atoms with E-state index in [1.165, 1.54) is 6.66 Å². The van der Waals surface area contributed by atoms with Crippen LogP contribution in [0.4, 0.5) is 0 Å². The minimum absolute atomic E-state index is 0.216. The molecule has 62 valence electrons. The van der Waals surface area contributed by atoms with E-state index in [0.717, 1.165) is 0 Å². The second-order valence-corrected chi connectivity index (χ2v) is 6.82. The Morgan fingerprint density at radius 3 is 1.90 bits per heavy atom. The van der Waals surface area contributed by atoms with Crippen LogP contribution in [0.25, 0.3) is 0 Å². The van der Waals surface area contributed by atoms with Gasteiger partial charge in [-0.1, -0.05) is 13.8 Å². The summed E-state index contributed by atoms with van der Waals surface area (Å²) in [5, 5.41) is 2.84. The second kappa shape index (κ2) is 3.75. The molecule has 10 heavy (non-hydrogen) atoms. The Labute approximate surface area is 67.6 Å². The fourth-order valence-corrected chi connectivity index (χ4v) is 2.00. The van der Waals surface area contributed by atoms with Crippen LogP contribution in [0, 0.1) is 5.92 Å². The first kappa shape index (κ1) is 10.5. The van der Waals surface area contributed by atoms with Crippen molar-refractivity contribution in [2.24, 2.45) is 5.92 Å². The largest absolute Gasteiger partial charge is 0.290 e. The highest BCUT2D eigenvalue weighted by molar-refractivity contribution is 7.87. The van der Waals surface area contributed by atoms with Gasteiger partial charge in [-0.05, 0) is 24.1 Å². The van der Waals surface area contributed by atoms with Gasteiger partial charge in [0, 0.05) is 12.7 Å². The summed E-state index contributed by atoms with van der Waals surface area (Å²) in [6, 6.07) is 0.216. The summed E-state index contributed by atoms with van der Waals surface area (Å²) in [7, 11) is 0. The monoisotopic (exact) mass is 183 g/mol. The van der Waals surface area contributed by atoms with Crippen molar-refractivity contribution in [1.29, 1.82) is 0 Å². The zero-order valence-electron chi connectivity index (χ0n) is 6.89. The predicted molar refractivity (Wildman–Crippen MR) is 46.8 cm³/mol. The van der Waals surface area contributed by atoms with Gasteiger partial charge in [0.05, 0.1) is 0 Å². The van der Waals surface area contributed by atoms with Crippen LogP contribution in [-0.2, 0) is 4.57 Å². The van der Waals surface area contributed by atoms with Crippen molar-refractivity contribution in [3.05, 3.63) is 0 Å². The molecule has 0 aliphatic heterocycles. The van der Waals surface area contributed by atoms with Crippen molar-refractivity contribution in [3.8, 4) is 0 Å². The van der Waals surface area contributed by atoms with E-state index in [0.29, 0.717) is 5.92 Å². The Morgan fingerprint density at radius 1 is 1.40 bits per heavy atom. The van der Waals surface area contributed by atoms with Gasteiger partial charge in [-0.15, -0.1) is 0 Å². The first-order valence-electron chi connectivity index (χ1n) is 3.38. The summed E-state index contributed by atoms with van der Waals surface area (Å²) in [6.45, 7) is 5.06. The van der Waals surface area contributed by atoms with Crippen molar-refractivity contribution in [2.75, 3.05) is 6.66 Å². The van der Waals surface area contributed by atoms with E-state index < -0.39 is 6.65 Å². The molecule has 0 rings (SSSR count). The first-order valence-corrected chi connectivity index (χ1v) is 6.44. The smallest absolute Gasteiger partial charge is 0.229 e. The first-order chi connectivity index (χ1) is 4.33. The van der Waals surface area contributed by atoms with Crippen LogP contribution < -0.4 is 5.09 Å². The van der Waals surface area contributed by atoms with Gasteiger partial charge in [-0.25, -0.2) is 0 Å². The molecule has 0 spiro atoms. The maximum atomic E-state index is 11.0. The third-order valence-electron chi connectivity index (χ3n) is 1.43. The molecule has 0 saturated heterocycles. The molecule has 0 aromatic carbocycles. The van der Waals surface area contributed by atoms with Crippen molar-refractivity contribution in [2.45, 2.75) is 26.8 Å². The van der Waals surface area contributed by atoms with Gasteiger partial charge in [0.1, 0.15) is 0 Å². The molecule has 0 bridgehead atoms. The van der Waals surface area contributed by atoms with Crippen molar-refractivity contribution >= 4 is 17.9 Å². The molecule has 0 heterocycles. The Balaban J connectivity index is 3.80. The maximum Gasteiger partial charge on any atom is 0.229 e. The summed E-state index contributed by atoms with van der Waals surface area (Å²) in [5.74, 6) is 0.465. The Bertz CT molecular complexity index is 143. The average Bonchev–Trinajstić information content (AvgIpc) is 1.60. The van der Waals surface area contributed by atoms with E-state index in [9.17, 15) is 4.57 Å². The lowest BCUT2D eigenvalue weighted by molar-refractivity contribution is 0.482. The molecule has 0 aromatic heterocycles. The van der Waals surface area contributed by atoms with Gasteiger partial charge >= 0.3 is 0 Å². The van der Waals surface area contributed by atoms with E-state index in [1.54, 1.807) is 0 Å². The highest BCUT2D eigenvalue weighted by atomic mass is 35.7. The number of rotatable bonds is 3. The lowest BCUT2D eigenvalue weighted by atomic mass is 10.1. The van der Waals surface area contributed by atoms with E-state index in [1.807, 2.05) is 6.92 Å². The topological polar surface area (TPSA) is 29.1 Å². The second-order valence-electron chi connectivity index (χ2n) is 2.98. The fraction of sp³-hybridized carbons (Fsp3) is 1.00. The number of hydrogen-bond donors (Lipinski definition) is 1. The van der Waals surface area contributed by atoms with Crippen LogP contribution in [0.2, 0.25) is 0 Å². The molecule has 4 heteroatoms. The molecule has 0 aliphatic carbocycles. The number of nitrogens with one attached hydrogen (secondary N) is 1. The van der Waals surface area contributed by atoms with Gasteiger partial charge in [-0.3, -0.25) is 9.65 Å². The Hall–Kier alpha value is 0.480. The van der Waals surface area contributed by atoms with E-state index in [2.05, 4.69) is 18.9 Å². The molecule has 0 aliphatic rings. The summed E-state index contributed by atoms with van der Waals surface area (Å²) >= 11 is 5.52. The minimum Gasteiger partial charge on any atom is -0.290 e. The van der Waals surface area contributed by atoms with E-state index >= 15 is 0 Å². The summed E-state index contributed by atoms with van der Waals surface area (Å²) in [5.41, 5.74) is 0. The maximum absolute atomic E-state index is 11.0. The van der Waals surface area contributed by atoms with Crippen LogP contribution in [0.3, 0.4) is 0 Å². The van der Waals surface area contributed by atoms with Crippen LogP contribution in [0.15, 0.2) is 0 Å². The summed E-state index contributed by atoms with van der Waals surface area (Å²) in [6.07, 6.45) is 0. The minimum atomic E-state index is -2.55. The molecule has 0 saturated carbocycles. The van der Waals surface area contributed by atoms with Crippen LogP contribution in [0.1, 0.15) is 20.8 Å².